The van der Waals surface area contributed by atoms with E-state index in [1.807, 2.05) is 0 Å². The quantitative estimate of drug-likeness (QED) is 0.621. The van der Waals surface area contributed by atoms with Gasteiger partial charge in [-0.2, -0.15) is 8.42 Å². The van der Waals surface area contributed by atoms with Gasteiger partial charge in [0.25, 0.3) is 10.1 Å². The summed E-state index contributed by atoms with van der Waals surface area (Å²) in [5.41, 5.74) is 0. The molecule has 0 atom stereocenters. The van der Waals surface area contributed by atoms with E-state index in [0.29, 0.717) is 4.47 Å². The normalized spacial score (nSPS) is 10.5. The molecule has 1 aromatic carbocycles. The second-order valence-corrected chi connectivity index (χ2v) is 4.15. The summed E-state index contributed by atoms with van der Waals surface area (Å²) in [6.45, 7) is 0. The first-order valence-electron chi connectivity index (χ1n) is 2.74. The summed E-state index contributed by atoms with van der Waals surface area (Å²) in [6.07, 6.45) is 0. The maximum Gasteiger partial charge on any atom is 0.295 e. The van der Waals surface area contributed by atoms with Gasteiger partial charge in [-0.15, -0.1) is 0 Å². The summed E-state index contributed by atoms with van der Waals surface area (Å²) < 4.78 is 30.1. The molecule has 0 amide bonds. The van der Waals surface area contributed by atoms with Gasteiger partial charge < -0.3 is 0 Å². The molecule has 0 heterocycles. The van der Waals surface area contributed by atoms with E-state index >= 15 is 0 Å². The van der Waals surface area contributed by atoms with Crippen LogP contribution >= 0.6 is 15.9 Å². The molecule has 0 aliphatic heterocycles. The molecule has 0 saturated carbocycles. The van der Waals surface area contributed by atoms with Crippen molar-refractivity contribution in [2.24, 2.45) is 0 Å². The van der Waals surface area contributed by atoms with E-state index in [1.54, 1.807) is 12.1 Å². The van der Waals surface area contributed by atoms with E-state index in [1.165, 1.54) is 12.1 Å². The van der Waals surface area contributed by atoms with Crippen LogP contribution < -0.4 is 0 Å². The first-order valence-corrected chi connectivity index (χ1v) is 4.97. The fourth-order valence-electron chi connectivity index (χ4n) is 0.654. The van der Waals surface area contributed by atoms with Crippen LogP contribution in [0.3, 0.4) is 0 Å². The maximum absolute atomic E-state index is 10.6. The van der Waals surface area contributed by atoms with Gasteiger partial charge in [-0.25, -0.2) is 0 Å². The number of rotatable bonds is 1. The molecule has 12 heavy (non-hydrogen) atoms. The zero-order valence-electron chi connectivity index (χ0n) is 6.36. The van der Waals surface area contributed by atoms with Gasteiger partial charge in [0.15, 0.2) is 0 Å². The van der Waals surface area contributed by atoms with Crippen LogP contribution in [0.2, 0.25) is 0 Å². The first-order chi connectivity index (χ1) is 5.02. The average molecular weight is 276 g/mol. The van der Waals surface area contributed by atoms with Gasteiger partial charge in [-0.3, -0.25) is 4.55 Å². The molecule has 1 N–H and O–H groups in total. The smallest absolute Gasteiger partial charge is 0.282 e. The standard InChI is InChI=1S/C6H5BrO3S.K/c7-5-3-1-2-4-6(5)11(8,9)10;/h1-4H,(H,8,9,10);. The molecule has 0 spiro atoms. The topological polar surface area (TPSA) is 54.4 Å². The molecule has 0 saturated heterocycles. The summed E-state index contributed by atoms with van der Waals surface area (Å²) >= 11 is 2.99. The molecule has 0 aliphatic carbocycles. The summed E-state index contributed by atoms with van der Waals surface area (Å²) in [4.78, 5) is -0.111. The van der Waals surface area contributed by atoms with E-state index in [2.05, 4.69) is 15.9 Å². The van der Waals surface area contributed by atoms with Gasteiger partial charge in [-0.05, 0) is 28.1 Å². The second-order valence-electron chi connectivity index (χ2n) is 1.91. The Bertz CT molecular complexity index is 363. The molecule has 0 unspecified atom stereocenters. The monoisotopic (exact) mass is 275 g/mol. The van der Waals surface area contributed by atoms with Crippen molar-refractivity contribution in [1.29, 1.82) is 0 Å². The van der Waals surface area contributed by atoms with Crippen LogP contribution in [0.25, 0.3) is 0 Å². The molecule has 6 heteroatoms. The second kappa shape index (κ2) is 5.21. The molecule has 1 aromatic rings. The largest absolute Gasteiger partial charge is 0.295 e. The molecule has 0 fully saturated rings. The van der Waals surface area contributed by atoms with Crippen molar-refractivity contribution in [2.75, 3.05) is 0 Å². The molecule has 0 aliphatic rings. The number of hydrogen-bond donors (Lipinski definition) is 1. The van der Waals surface area contributed by atoms with Crippen LogP contribution in [0.5, 0.6) is 0 Å². The molecular formula is C6H5BrKO3S. The molecule has 1 rings (SSSR count). The van der Waals surface area contributed by atoms with Crippen LogP contribution in [0.15, 0.2) is 33.6 Å². The number of benzene rings is 1. The minimum Gasteiger partial charge on any atom is -0.282 e. The third kappa shape index (κ3) is 3.55. The fraction of sp³-hybridized carbons (Fsp3) is 0. The van der Waals surface area contributed by atoms with Crippen LogP contribution in [0.4, 0.5) is 0 Å². The third-order valence-corrected chi connectivity index (χ3v) is 2.98. The number of hydrogen-bond acceptors (Lipinski definition) is 2. The Morgan fingerprint density at radius 1 is 1.25 bits per heavy atom. The number of halogens is 1. The Labute approximate surface area is 122 Å². The summed E-state index contributed by atoms with van der Waals surface area (Å²) in [6, 6.07) is 6.06. The van der Waals surface area contributed by atoms with Crippen molar-refractivity contribution in [2.45, 2.75) is 4.90 Å². The van der Waals surface area contributed by atoms with Crippen LogP contribution in [-0.4, -0.2) is 64.4 Å². The van der Waals surface area contributed by atoms with Crippen LogP contribution in [0, 0.1) is 0 Å². The molecule has 3 nitrogen and oxygen atoms in total. The molecule has 0 bridgehead atoms. The Morgan fingerprint density at radius 2 is 1.75 bits per heavy atom. The zero-order chi connectivity index (χ0) is 8.48. The van der Waals surface area contributed by atoms with Crippen molar-refractivity contribution in [3.63, 3.8) is 0 Å². The summed E-state index contributed by atoms with van der Waals surface area (Å²) in [7, 11) is -4.08. The van der Waals surface area contributed by atoms with Gasteiger partial charge in [-0.1, -0.05) is 12.1 Å². The Hall–Kier alpha value is 1.25. The van der Waals surface area contributed by atoms with Gasteiger partial charge in [0.05, 0.1) is 0 Å². The predicted octanol–water partition coefficient (Wildman–Crippen LogP) is 1.32. The summed E-state index contributed by atoms with van der Waals surface area (Å²) in [5, 5.41) is 0. The van der Waals surface area contributed by atoms with Crippen molar-refractivity contribution < 1.29 is 13.0 Å². The minimum absolute atomic E-state index is 0. The van der Waals surface area contributed by atoms with E-state index in [4.69, 9.17) is 4.55 Å². The summed E-state index contributed by atoms with van der Waals surface area (Å²) in [5.74, 6) is 0. The Balaban J connectivity index is 0.00000121. The minimum atomic E-state index is -4.08. The van der Waals surface area contributed by atoms with E-state index < -0.39 is 10.1 Å². The Kier molecular flexibility index (Phi) is 5.75. The van der Waals surface area contributed by atoms with E-state index in [-0.39, 0.29) is 56.3 Å². The zero-order valence-corrected chi connectivity index (χ0v) is 11.9. The molecular weight excluding hydrogens is 271 g/mol. The van der Waals surface area contributed by atoms with Gasteiger partial charge in [0.2, 0.25) is 0 Å². The molecule has 1 radical (unpaired) electrons. The molecule has 61 valence electrons. The fourth-order valence-corrected chi connectivity index (χ4v) is 2.12. The molecule has 0 aromatic heterocycles. The maximum atomic E-state index is 10.6. The van der Waals surface area contributed by atoms with Crippen molar-refractivity contribution >= 4 is 77.4 Å². The van der Waals surface area contributed by atoms with Gasteiger partial charge in [0, 0.05) is 55.9 Å². The van der Waals surface area contributed by atoms with Crippen molar-refractivity contribution in [3.8, 4) is 0 Å². The van der Waals surface area contributed by atoms with Crippen LogP contribution in [-0.2, 0) is 10.1 Å². The first kappa shape index (κ1) is 13.2. The van der Waals surface area contributed by atoms with Crippen molar-refractivity contribution in [3.05, 3.63) is 28.7 Å². The predicted molar refractivity (Wildman–Crippen MR) is 49.7 cm³/mol. The van der Waals surface area contributed by atoms with Gasteiger partial charge >= 0.3 is 0 Å². The van der Waals surface area contributed by atoms with Gasteiger partial charge in [0.1, 0.15) is 4.90 Å². The Morgan fingerprint density at radius 3 is 2.08 bits per heavy atom. The third-order valence-electron chi connectivity index (χ3n) is 1.11. The van der Waals surface area contributed by atoms with E-state index in [9.17, 15) is 8.42 Å². The van der Waals surface area contributed by atoms with Crippen LogP contribution in [0.1, 0.15) is 0 Å². The van der Waals surface area contributed by atoms with Crippen molar-refractivity contribution in [1.82, 2.24) is 0 Å². The SMILES string of the molecule is O=S(=O)(O)c1ccccc1Br.[K]. The van der Waals surface area contributed by atoms with E-state index in [0.717, 1.165) is 0 Å². The average Bonchev–Trinajstić information content (AvgIpc) is 1.86.